The molecule has 0 saturated heterocycles. The Hall–Kier alpha value is -0.300. The predicted molar refractivity (Wildman–Crippen MR) is 56.4 cm³/mol. The Labute approximate surface area is 77.2 Å². The monoisotopic (exact) mass is 169 g/mol. The molecule has 0 heterocycles. The van der Waals surface area contributed by atoms with Crippen molar-refractivity contribution in [3.8, 4) is 0 Å². The van der Waals surface area contributed by atoms with Crippen LogP contribution in [0.15, 0.2) is 12.2 Å². The molecule has 0 spiro atoms. The zero-order chi connectivity index (χ0) is 9.61. The standard InChI is InChI=1S/C11H23N/c1-6-10(2)9-11(3,4)7-8-12-5/h12H,2,6-9H2,1,3-5H3. The largest absolute Gasteiger partial charge is 0.320 e. The number of hydrogen-bond donors (Lipinski definition) is 1. The Kier molecular flexibility index (Phi) is 5.23. The van der Waals surface area contributed by atoms with E-state index in [9.17, 15) is 0 Å². The van der Waals surface area contributed by atoms with Crippen molar-refractivity contribution in [1.82, 2.24) is 5.32 Å². The van der Waals surface area contributed by atoms with Crippen molar-refractivity contribution >= 4 is 0 Å². The van der Waals surface area contributed by atoms with Crippen LogP contribution >= 0.6 is 0 Å². The summed E-state index contributed by atoms with van der Waals surface area (Å²) in [5.41, 5.74) is 1.78. The van der Waals surface area contributed by atoms with Gasteiger partial charge in [0, 0.05) is 0 Å². The van der Waals surface area contributed by atoms with Gasteiger partial charge in [-0.25, -0.2) is 0 Å². The Morgan fingerprint density at radius 2 is 2.00 bits per heavy atom. The summed E-state index contributed by atoms with van der Waals surface area (Å²) in [7, 11) is 2.00. The van der Waals surface area contributed by atoms with E-state index in [1.54, 1.807) is 0 Å². The molecule has 0 aromatic carbocycles. The molecule has 1 heteroatoms. The molecule has 0 saturated carbocycles. The number of allylic oxidation sites excluding steroid dienone is 1. The molecule has 12 heavy (non-hydrogen) atoms. The van der Waals surface area contributed by atoms with Gasteiger partial charge in [-0.1, -0.05) is 32.9 Å². The van der Waals surface area contributed by atoms with Gasteiger partial charge < -0.3 is 5.32 Å². The Morgan fingerprint density at radius 1 is 1.42 bits per heavy atom. The van der Waals surface area contributed by atoms with Gasteiger partial charge in [0.25, 0.3) is 0 Å². The first-order valence-electron chi connectivity index (χ1n) is 4.83. The maximum atomic E-state index is 4.05. The molecule has 1 N–H and O–H groups in total. The van der Waals surface area contributed by atoms with Crippen molar-refractivity contribution in [3.05, 3.63) is 12.2 Å². The molecule has 0 aliphatic heterocycles. The van der Waals surface area contributed by atoms with Gasteiger partial charge in [-0.05, 0) is 38.3 Å². The van der Waals surface area contributed by atoms with Crippen LogP contribution in [-0.2, 0) is 0 Å². The van der Waals surface area contributed by atoms with Crippen LogP contribution in [0.25, 0.3) is 0 Å². The molecule has 0 unspecified atom stereocenters. The molecule has 0 radical (unpaired) electrons. The molecule has 0 fully saturated rings. The molecule has 0 aliphatic carbocycles. The molecule has 0 aliphatic rings. The summed E-state index contributed by atoms with van der Waals surface area (Å²) >= 11 is 0. The van der Waals surface area contributed by atoms with Crippen LogP contribution in [0.1, 0.15) is 40.0 Å². The summed E-state index contributed by atoms with van der Waals surface area (Å²) in [6.07, 6.45) is 3.50. The van der Waals surface area contributed by atoms with Crippen molar-refractivity contribution in [2.45, 2.75) is 40.0 Å². The van der Waals surface area contributed by atoms with Crippen molar-refractivity contribution < 1.29 is 0 Å². The second-order valence-electron chi connectivity index (χ2n) is 4.30. The van der Waals surface area contributed by atoms with Crippen LogP contribution in [0.5, 0.6) is 0 Å². The lowest BCUT2D eigenvalue weighted by Crippen LogP contribution is -2.19. The molecule has 0 aromatic heterocycles. The third-order valence-corrected chi connectivity index (χ3v) is 2.28. The van der Waals surface area contributed by atoms with E-state index in [0.29, 0.717) is 5.41 Å². The highest BCUT2D eigenvalue weighted by atomic mass is 14.8. The van der Waals surface area contributed by atoms with Gasteiger partial charge >= 0.3 is 0 Å². The minimum atomic E-state index is 0.413. The van der Waals surface area contributed by atoms with E-state index in [0.717, 1.165) is 19.4 Å². The summed E-state index contributed by atoms with van der Waals surface area (Å²) in [6, 6.07) is 0. The Morgan fingerprint density at radius 3 is 2.42 bits per heavy atom. The van der Waals surface area contributed by atoms with E-state index < -0.39 is 0 Å². The third-order valence-electron chi connectivity index (χ3n) is 2.28. The van der Waals surface area contributed by atoms with Gasteiger partial charge in [0.1, 0.15) is 0 Å². The van der Waals surface area contributed by atoms with Crippen LogP contribution in [-0.4, -0.2) is 13.6 Å². The lowest BCUT2D eigenvalue weighted by Gasteiger charge is -2.25. The Balaban J connectivity index is 3.77. The molecular weight excluding hydrogens is 146 g/mol. The van der Waals surface area contributed by atoms with Gasteiger partial charge in [0.2, 0.25) is 0 Å². The van der Waals surface area contributed by atoms with Crippen LogP contribution in [0.2, 0.25) is 0 Å². The fourth-order valence-corrected chi connectivity index (χ4v) is 1.35. The van der Waals surface area contributed by atoms with Crippen molar-refractivity contribution in [2.75, 3.05) is 13.6 Å². The van der Waals surface area contributed by atoms with E-state index in [4.69, 9.17) is 0 Å². The van der Waals surface area contributed by atoms with E-state index >= 15 is 0 Å². The Bertz CT molecular complexity index is 136. The first-order chi connectivity index (χ1) is 5.52. The lowest BCUT2D eigenvalue weighted by atomic mass is 9.82. The van der Waals surface area contributed by atoms with E-state index in [-0.39, 0.29) is 0 Å². The topological polar surface area (TPSA) is 12.0 Å². The number of hydrogen-bond acceptors (Lipinski definition) is 1. The van der Waals surface area contributed by atoms with Gasteiger partial charge in [-0.15, -0.1) is 0 Å². The highest BCUT2D eigenvalue weighted by Gasteiger charge is 2.17. The first-order valence-corrected chi connectivity index (χ1v) is 4.83. The van der Waals surface area contributed by atoms with E-state index in [1.807, 2.05) is 7.05 Å². The van der Waals surface area contributed by atoms with E-state index in [2.05, 4.69) is 32.7 Å². The molecule has 0 aromatic rings. The normalized spacial score (nSPS) is 11.7. The SMILES string of the molecule is C=C(CC)CC(C)(C)CCNC. The molecular formula is C11H23N. The van der Waals surface area contributed by atoms with Crippen LogP contribution < -0.4 is 5.32 Å². The van der Waals surface area contributed by atoms with Gasteiger partial charge in [0.15, 0.2) is 0 Å². The number of nitrogens with one attached hydrogen (secondary N) is 1. The summed E-state index contributed by atoms with van der Waals surface area (Å²) in [5.74, 6) is 0. The van der Waals surface area contributed by atoms with Crippen molar-refractivity contribution in [2.24, 2.45) is 5.41 Å². The quantitative estimate of drug-likeness (QED) is 0.603. The van der Waals surface area contributed by atoms with E-state index in [1.165, 1.54) is 12.0 Å². The fourth-order valence-electron chi connectivity index (χ4n) is 1.35. The van der Waals surface area contributed by atoms with Crippen LogP contribution in [0.3, 0.4) is 0 Å². The predicted octanol–water partition coefficient (Wildman–Crippen LogP) is 2.98. The van der Waals surface area contributed by atoms with Gasteiger partial charge in [-0.3, -0.25) is 0 Å². The third kappa shape index (κ3) is 5.36. The molecule has 0 amide bonds. The molecule has 72 valence electrons. The zero-order valence-electron chi connectivity index (χ0n) is 9.04. The van der Waals surface area contributed by atoms with Gasteiger partial charge in [0.05, 0.1) is 0 Å². The smallest absolute Gasteiger partial charge is 0.00467 e. The maximum Gasteiger partial charge on any atom is -0.00467 e. The second-order valence-corrected chi connectivity index (χ2v) is 4.30. The summed E-state index contributed by atoms with van der Waals surface area (Å²) in [5, 5.41) is 3.19. The average Bonchev–Trinajstić information content (AvgIpc) is 2.00. The highest BCUT2D eigenvalue weighted by molar-refractivity contribution is 4.97. The summed E-state index contributed by atoms with van der Waals surface area (Å²) in [6.45, 7) is 11.9. The van der Waals surface area contributed by atoms with Crippen molar-refractivity contribution in [3.63, 3.8) is 0 Å². The average molecular weight is 169 g/mol. The zero-order valence-corrected chi connectivity index (χ0v) is 9.04. The minimum Gasteiger partial charge on any atom is -0.320 e. The van der Waals surface area contributed by atoms with Crippen LogP contribution in [0, 0.1) is 5.41 Å². The lowest BCUT2D eigenvalue weighted by molar-refractivity contribution is 0.326. The van der Waals surface area contributed by atoms with Crippen molar-refractivity contribution in [1.29, 1.82) is 0 Å². The first kappa shape index (κ1) is 11.7. The molecule has 0 atom stereocenters. The molecule has 1 nitrogen and oxygen atoms in total. The fraction of sp³-hybridized carbons (Fsp3) is 0.818. The van der Waals surface area contributed by atoms with Gasteiger partial charge in [-0.2, -0.15) is 0 Å². The maximum absolute atomic E-state index is 4.05. The summed E-state index contributed by atoms with van der Waals surface area (Å²) < 4.78 is 0. The highest BCUT2D eigenvalue weighted by Crippen LogP contribution is 2.28. The molecule has 0 bridgehead atoms. The summed E-state index contributed by atoms with van der Waals surface area (Å²) in [4.78, 5) is 0. The number of rotatable bonds is 6. The molecule has 0 rings (SSSR count). The minimum absolute atomic E-state index is 0.413. The second kappa shape index (κ2) is 5.36. The van der Waals surface area contributed by atoms with Crippen LogP contribution in [0.4, 0.5) is 0 Å².